The molecule has 0 spiro atoms. The van der Waals surface area contributed by atoms with Gasteiger partial charge in [0.2, 0.25) is 0 Å². The van der Waals surface area contributed by atoms with Gasteiger partial charge in [-0.2, -0.15) is 5.10 Å². The molecule has 0 radical (unpaired) electrons. The molecule has 1 aliphatic heterocycles. The first-order chi connectivity index (χ1) is 12.2. The van der Waals surface area contributed by atoms with Gasteiger partial charge in [-0.15, -0.1) is 11.3 Å². The molecule has 0 saturated carbocycles. The molecule has 25 heavy (non-hydrogen) atoms. The van der Waals surface area contributed by atoms with Crippen LogP contribution in [-0.2, 0) is 0 Å². The molecular weight excluding hydrogens is 352 g/mol. The zero-order valence-corrected chi connectivity index (χ0v) is 14.9. The average molecular weight is 367 g/mol. The minimum absolute atomic E-state index is 0.0918. The van der Waals surface area contributed by atoms with Gasteiger partial charge < -0.3 is 0 Å². The molecule has 0 bridgehead atoms. The third kappa shape index (κ3) is 3.11. The van der Waals surface area contributed by atoms with Crippen LogP contribution >= 0.6 is 22.9 Å². The van der Waals surface area contributed by atoms with Crippen LogP contribution in [0.1, 0.15) is 33.3 Å². The smallest absolute Gasteiger partial charge is 0.266 e. The second-order valence-electron chi connectivity index (χ2n) is 5.78. The summed E-state index contributed by atoms with van der Waals surface area (Å²) in [6.07, 6.45) is 0.644. The van der Waals surface area contributed by atoms with Gasteiger partial charge in [0.1, 0.15) is 0 Å². The monoisotopic (exact) mass is 366 g/mol. The fourth-order valence-electron chi connectivity index (χ4n) is 3.00. The molecule has 1 aliphatic rings. The molecule has 1 aromatic heterocycles. The summed E-state index contributed by atoms with van der Waals surface area (Å²) in [6, 6.07) is 21.1. The molecule has 2 aromatic carbocycles. The highest BCUT2D eigenvalue weighted by atomic mass is 35.5. The lowest BCUT2D eigenvalue weighted by Gasteiger charge is -2.22. The Morgan fingerprint density at radius 1 is 1.04 bits per heavy atom. The standard InChI is InChI=1S/C20H15ClN2OS/c21-16-10-5-4-9-15(16)18-13-17(14-7-2-1-3-8-14)22-23(18)20(24)19-11-6-12-25-19/h1-12,18H,13H2/t18-/m0/s1. The highest BCUT2D eigenvalue weighted by Crippen LogP contribution is 2.37. The van der Waals surface area contributed by atoms with Gasteiger partial charge >= 0.3 is 0 Å². The first-order valence-electron chi connectivity index (χ1n) is 7.98. The summed E-state index contributed by atoms with van der Waals surface area (Å²) in [5.74, 6) is -0.0918. The van der Waals surface area contributed by atoms with Crippen LogP contribution in [0.3, 0.4) is 0 Å². The quantitative estimate of drug-likeness (QED) is 0.611. The first-order valence-corrected chi connectivity index (χ1v) is 9.24. The summed E-state index contributed by atoms with van der Waals surface area (Å²) in [4.78, 5) is 13.6. The van der Waals surface area contributed by atoms with Crippen molar-refractivity contribution in [3.8, 4) is 0 Å². The predicted molar refractivity (Wildman–Crippen MR) is 102 cm³/mol. The fourth-order valence-corrected chi connectivity index (χ4v) is 3.92. The van der Waals surface area contributed by atoms with Gasteiger partial charge in [0, 0.05) is 11.4 Å². The number of benzene rings is 2. The maximum absolute atomic E-state index is 13.0. The Labute approximate surface area is 155 Å². The third-order valence-corrected chi connectivity index (χ3v) is 5.42. The van der Waals surface area contributed by atoms with E-state index < -0.39 is 0 Å². The lowest BCUT2D eigenvalue weighted by atomic mass is 9.98. The minimum Gasteiger partial charge on any atom is -0.266 e. The Balaban J connectivity index is 1.75. The van der Waals surface area contributed by atoms with Gasteiger partial charge in [-0.1, -0.05) is 66.2 Å². The molecule has 0 N–H and O–H groups in total. The van der Waals surface area contributed by atoms with Crippen molar-refractivity contribution in [1.82, 2.24) is 5.01 Å². The minimum atomic E-state index is -0.196. The molecule has 3 nitrogen and oxygen atoms in total. The Morgan fingerprint density at radius 3 is 2.52 bits per heavy atom. The van der Waals surface area contributed by atoms with E-state index in [-0.39, 0.29) is 11.9 Å². The number of carbonyl (C=O) groups excluding carboxylic acids is 1. The van der Waals surface area contributed by atoms with Crippen molar-refractivity contribution in [2.45, 2.75) is 12.5 Å². The van der Waals surface area contributed by atoms with Crippen molar-refractivity contribution in [2.75, 3.05) is 0 Å². The lowest BCUT2D eigenvalue weighted by Crippen LogP contribution is -2.26. The lowest BCUT2D eigenvalue weighted by molar-refractivity contribution is 0.0716. The Kier molecular flexibility index (Phi) is 4.38. The van der Waals surface area contributed by atoms with Gasteiger partial charge in [-0.3, -0.25) is 4.79 Å². The molecule has 1 atom stereocenters. The number of hydrogen-bond acceptors (Lipinski definition) is 3. The predicted octanol–water partition coefficient (Wildman–Crippen LogP) is 5.39. The van der Waals surface area contributed by atoms with Crippen molar-refractivity contribution in [3.05, 3.63) is 93.1 Å². The zero-order valence-electron chi connectivity index (χ0n) is 13.3. The number of amides is 1. The van der Waals surface area contributed by atoms with E-state index in [2.05, 4.69) is 5.10 Å². The summed E-state index contributed by atoms with van der Waals surface area (Å²) in [6.45, 7) is 0. The second-order valence-corrected chi connectivity index (χ2v) is 7.14. The third-order valence-electron chi connectivity index (χ3n) is 4.22. The molecular formula is C20H15ClN2OS. The molecule has 1 amide bonds. The summed E-state index contributed by atoms with van der Waals surface area (Å²) < 4.78 is 0. The topological polar surface area (TPSA) is 32.7 Å². The number of halogens is 1. The largest absolute Gasteiger partial charge is 0.284 e. The first kappa shape index (κ1) is 16.1. The van der Waals surface area contributed by atoms with E-state index in [4.69, 9.17) is 11.6 Å². The van der Waals surface area contributed by atoms with Gasteiger partial charge in [-0.25, -0.2) is 5.01 Å². The van der Waals surface area contributed by atoms with E-state index in [1.54, 1.807) is 5.01 Å². The molecule has 3 aromatic rings. The molecule has 0 fully saturated rings. The summed E-state index contributed by atoms with van der Waals surface area (Å²) in [5.41, 5.74) is 2.85. The number of hydrazone groups is 1. The van der Waals surface area contributed by atoms with Crippen LogP contribution in [-0.4, -0.2) is 16.6 Å². The Morgan fingerprint density at radius 2 is 1.80 bits per heavy atom. The number of nitrogens with zero attached hydrogens (tertiary/aromatic N) is 2. The number of thiophene rings is 1. The molecule has 2 heterocycles. The number of hydrogen-bond donors (Lipinski definition) is 0. The van der Waals surface area contributed by atoms with Gasteiger partial charge in [0.15, 0.2) is 0 Å². The van der Waals surface area contributed by atoms with E-state index in [0.717, 1.165) is 16.8 Å². The van der Waals surface area contributed by atoms with Crippen LogP contribution in [0.25, 0.3) is 0 Å². The highest BCUT2D eigenvalue weighted by Gasteiger charge is 2.34. The van der Waals surface area contributed by atoms with Crippen LogP contribution in [0.2, 0.25) is 5.02 Å². The zero-order chi connectivity index (χ0) is 17.2. The van der Waals surface area contributed by atoms with Crippen molar-refractivity contribution in [2.24, 2.45) is 5.10 Å². The molecule has 5 heteroatoms. The van der Waals surface area contributed by atoms with Crippen LogP contribution < -0.4 is 0 Å². The second kappa shape index (κ2) is 6.82. The van der Waals surface area contributed by atoms with E-state index in [1.807, 2.05) is 72.1 Å². The van der Waals surface area contributed by atoms with Gasteiger partial charge in [0.25, 0.3) is 5.91 Å². The normalized spacial score (nSPS) is 16.8. The van der Waals surface area contributed by atoms with Crippen LogP contribution in [0.5, 0.6) is 0 Å². The summed E-state index contributed by atoms with van der Waals surface area (Å²) in [5, 5.41) is 8.79. The number of rotatable bonds is 3. The van der Waals surface area contributed by atoms with E-state index in [1.165, 1.54) is 11.3 Å². The average Bonchev–Trinajstić information content (AvgIpc) is 3.32. The van der Waals surface area contributed by atoms with Crippen molar-refractivity contribution in [3.63, 3.8) is 0 Å². The maximum atomic E-state index is 13.0. The van der Waals surface area contributed by atoms with E-state index >= 15 is 0 Å². The van der Waals surface area contributed by atoms with Crippen LogP contribution in [0, 0.1) is 0 Å². The molecule has 0 unspecified atom stereocenters. The van der Waals surface area contributed by atoms with Gasteiger partial charge in [0.05, 0.1) is 16.6 Å². The summed E-state index contributed by atoms with van der Waals surface area (Å²) >= 11 is 7.83. The summed E-state index contributed by atoms with van der Waals surface area (Å²) in [7, 11) is 0. The molecule has 0 saturated heterocycles. The Hall–Kier alpha value is -2.43. The fraction of sp³-hybridized carbons (Fsp3) is 0.100. The maximum Gasteiger partial charge on any atom is 0.284 e. The van der Waals surface area contributed by atoms with Gasteiger partial charge in [-0.05, 0) is 28.6 Å². The van der Waals surface area contributed by atoms with E-state index in [0.29, 0.717) is 16.3 Å². The molecule has 4 rings (SSSR count). The number of carbonyl (C=O) groups is 1. The SMILES string of the molecule is O=C(c1cccs1)N1N=C(c2ccccc2)C[C@H]1c1ccccc1Cl. The highest BCUT2D eigenvalue weighted by molar-refractivity contribution is 7.12. The van der Waals surface area contributed by atoms with Crippen molar-refractivity contribution in [1.29, 1.82) is 0 Å². The van der Waals surface area contributed by atoms with Crippen molar-refractivity contribution >= 4 is 34.6 Å². The van der Waals surface area contributed by atoms with Crippen LogP contribution in [0.15, 0.2) is 77.2 Å². The molecule has 124 valence electrons. The van der Waals surface area contributed by atoms with Crippen LogP contribution in [0.4, 0.5) is 0 Å². The van der Waals surface area contributed by atoms with Crippen molar-refractivity contribution < 1.29 is 4.79 Å². The van der Waals surface area contributed by atoms with E-state index in [9.17, 15) is 4.79 Å². The molecule has 0 aliphatic carbocycles. The Bertz CT molecular complexity index is 922.